The minimum atomic E-state index is -3.44. The number of sulfone groups is 1. The van der Waals surface area contributed by atoms with Gasteiger partial charge in [0, 0.05) is 11.8 Å². The predicted octanol–water partition coefficient (Wildman–Crippen LogP) is 3.44. The van der Waals surface area contributed by atoms with Crippen LogP contribution >= 0.6 is 0 Å². The number of benzene rings is 2. The molecule has 6 heteroatoms. The first-order valence-corrected chi connectivity index (χ1v) is 10.0. The molecule has 26 heavy (non-hydrogen) atoms. The summed E-state index contributed by atoms with van der Waals surface area (Å²) < 4.78 is 28.5. The molecule has 0 heterocycles. The Labute approximate surface area is 153 Å². The Bertz CT molecular complexity index is 974. The van der Waals surface area contributed by atoms with Crippen molar-refractivity contribution in [3.63, 3.8) is 0 Å². The van der Waals surface area contributed by atoms with Crippen LogP contribution in [0.3, 0.4) is 0 Å². The molecule has 0 amide bonds. The molecule has 0 saturated heterocycles. The van der Waals surface area contributed by atoms with E-state index in [4.69, 9.17) is 4.74 Å². The van der Waals surface area contributed by atoms with Crippen molar-refractivity contribution in [1.82, 2.24) is 0 Å². The summed E-state index contributed by atoms with van der Waals surface area (Å²) >= 11 is 0. The zero-order valence-corrected chi connectivity index (χ0v) is 16.3. The molecule has 2 rings (SSSR count). The Kier molecular flexibility index (Phi) is 5.66. The lowest BCUT2D eigenvalue weighted by Crippen LogP contribution is -2.25. The fraction of sp³-hybridized carbons (Fsp3) is 0.300. The Morgan fingerprint density at radius 3 is 2.19 bits per heavy atom. The second-order valence-electron chi connectivity index (χ2n) is 6.46. The van der Waals surface area contributed by atoms with Crippen molar-refractivity contribution >= 4 is 21.6 Å². The summed E-state index contributed by atoms with van der Waals surface area (Å²) in [7, 11) is -3.44. The van der Waals surface area contributed by atoms with Crippen molar-refractivity contribution < 1.29 is 22.7 Å². The first-order valence-electron chi connectivity index (χ1n) is 8.14. The van der Waals surface area contributed by atoms with E-state index in [1.165, 1.54) is 31.2 Å². The Morgan fingerprint density at radius 2 is 1.58 bits per heavy atom. The van der Waals surface area contributed by atoms with Gasteiger partial charge >= 0.3 is 5.97 Å². The second-order valence-corrected chi connectivity index (χ2v) is 8.48. The van der Waals surface area contributed by atoms with Gasteiger partial charge in [-0.3, -0.25) is 4.79 Å². The number of carbonyl (C=O) groups excluding carboxylic acids is 2. The zero-order chi connectivity index (χ0) is 19.6. The van der Waals surface area contributed by atoms with Crippen LogP contribution in [-0.2, 0) is 14.6 Å². The van der Waals surface area contributed by atoms with Crippen molar-refractivity contribution in [2.75, 3.05) is 6.26 Å². The number of rotatable bonds is 5. The van der Waals surface area contributed by atoms with E-state index in [0.29, 0.717) is 5.56 Å². The molecule has 138 valence electrons. The molecule has 5 nitrogen and oxygen atoms in total. The largest absolute Gasteiger partial charge is 0.451 e. The normalized spacial score (nSPS) is 12.5. The molecular weight excluding hydrogens is 352 g/mol. The van der Waals surface area contributed by atoms with E-state index >= 15 is 0 Å². The number of esters is 1. The van der Waals surface area contributed by atoms with Gasteiger partial charge in [0.2, 0.25) is 5.78 Å². The van der Waals surface area contributed by atoms with Gasteiger partial charge in [0.15, 0.2) is 15.9 Å². The van der Waals surface area contributed by atoms with Crippen molar-refractivity contribution in [1.29, 1.82) is 0 Å². The predicted molar refractivity (Wildman–Crippen MR) is 99.4 cm³/mol. The Balaban J connectivity index is 2.22. The van der Waals surface area contributed by atoms with E-state index in [0.717, 1.165) is 22.9 Å². The summed E-state index contributed by atoms with van der Waals surface area (Å²) in [5, 5.41) is 0. The average Bonchev–Trinajstić information content (AvgIpc) is 2.56. The highest BCUT2D eigenvalue weighted by molar-refractivity contribution is 7.90. The lowest BCUT2D eigenvalue weighted by Gasteiger charge is -2.15. The molecule has 0 saturated carbocycles. The summed E-state index contributed by atoms with van der Waals surface area (Å²) in [6.45, 7) is 7.23. The molecule has 0 spiro atoms. The molecule has 0 N–H and O–H groups in total. The minimum absolute atomic E-state index is 0.0240. The van der Waals surface area contributed by atoms with Crippen LogP contribution < -0.4 is 0 Å². The number of Topliss-reactive ketones (excluding diaryl/α,β-unsaturated/α-hetero) is 1. The highest BCUT2D eigenvalue weighted by Gasteiger charge is 2.23. The third-order valence-corrected chi connectivity index (χ3v) is 5.37. The van der Waals surface area contributed by atoms with Crippen molar-refractivity contribution in [3.05, 3.63) is 64.2 Å². The van der Waals surface area contributed by atoms with Crippen molar-refractivity contribution in [2.24, 2.45) is 0 Å². The summed E-state index contributed by atoms with van der Waals surface area (Å²) in [6.07, 6.45) is 0.0803. The second kappa shape index (κ2) is 7.41. The number of carbonyl (C=O) groups is 2. The molecular formula is C20H22O5S. The molecule has 0 aliphatic rings. The lowest BCUT2D eigenvalue weighted by molar-refractivity contribution is 0.0318. The summed E-state index contributed by atoms with van der Waals surface area (Å²) in [5.41, 5.74) is 3.49. The average molecular weight is 374 g/mol. The molecule has 0 unspecified atom stereocenters. The third kappa shape index (κ3) is 4.38. The summed E-state index contributed by atoms with van der Waals surface area (Å²) in [4.78, 5) is 25.0. The van der Waals surface area contributed by atoms with Crippen LogP contribution in [0.25, 0.3) is 0 Å². The molecule has 0 aliphatic carbocycles. The van der Waals surface area contributed by atoms with E-state index in [2.05, 4.69) is 0 Å². The number of aryl methyl sites for hydroxylation is 3. The highest BCUT2D eigenvalue weighted by atomic mass is 32.2. The fourth-order valence-corrected chi connectivity index (χ4v) is 3.25. The van der Waals surface area contributed by atoms with Gasteiger partial charge in [-0.1, -0.05) is 12.1 Å². The smallest absolute Gasteiger partial charge is 0.338 e. The maximum Gasteiger partial charge on any atom is 0.338 e. The van der Waals surface area contributed by atoms with Gasteiger partial charge in [0.1, 0.15) is 0 Å². The van der Waals surface area contributed by atoms with Gasteiger partial charge in [-0.2, -0.15) is 0 Å². The lowest BCUT2D eigenvalue weighted by atomic mass is 9.96. The maximum absolute atomic E-state index is 12.6. The molecule has 0 aliphatic heterocycles. The zero-order valence-electron chi connectivity index (χ0n) is 15.5. The van der Waals surface area contributed by atoms with Gasteiger partial charge < -0.3 is 4.74 Å². The molecule has 2 aromatic carbocycles. The van der Waals surface area contributed by atoms with Crippen LogP contribution in [0, 0.1) is 20.8 Å². The van der Waals surface area contributed by atoms with E-state index in [-0.39, 0.29) is 16.2 Å². The monoisotopic (exact) mass is 374 g/mol. The van der Waals surface area contributed by atoms with Gasteiger partial charge in [0.25, 0.3) is 0 Å². The standard InChI is InChI=1S/C20H22O5S/c1-12-9-14(3)18(10-13(12)2)19(21)15(4)25-20(22)16-7-6-8-17(11-16)26(5,23)24/h6-11,15H,1-5H3/t15-/m1/s1. The van der Waals surface area contributed by atoms with Crippen LogP contribution in [0.4, 0.5) is 0 Å². The topological polar surface area (TPSA) is 77.5 Å². The quantitative estimate of drug-likeness (QED) is 0.592. The van der Waals surface area contributed by atoms with Crippen LogP contribution in [0.5, 0.6) is 0 Å². The van der Waals surface area contributed by atoms with Crippen LogP contribution in [0.15, 0.2) is 41.3 Å². The number of hydrogen-bond donors (Lipinski definition) is 0. The summed E-state index contributed by atoms with van der Waals surface area (Å²) in [6, 6.07) is 9.28. The first kappa shape index (κ1) is 19.8. The molecule has 0 bridgehead atoms. The van der Waals surface area contributed by atoms with E-state index < -0.39 is 21.9 Å². The maximum atomic E-state index is 12.6. The van der Waals surface area contributed by atoms with E-state index in [9.17, 15) is 18.0 Å². The van der Waals surface area contributed by atoms with Crippen LogP contribution in [0.2, 0.25) is 0 Å². The van der Waals surface area contributed by atoms with Gasteiger partial charge in [-0.25, -0.2) is 13.2 Å². The first-order chi connectivity index (χ1) is 12.0. The minimum Gasteiger partial charge on any atom is -0.451 e. The molecule has 0 aromatic heterocycles. The Morgan fingerprint density at radius 1 is 0.962 bits per heavy atom. The van der Waals surface area contributed by atoms with Gasteiger partial charge in [0.05, 0.1) is 10.5 Å². The van der Waals surface area contributed by atoms with Crippen molar-refractivity contribution in [3.8, 4) is 0 Å². The number of ketones is 1. The highest BCUT2D eigenvalue weighted by Crippen LogP contribution is 2.19. The molecule has 0 radical (unpaired) electrons. The van der Waals surface area contributed by atoms with Crippen LogP contribution in [-0.4, -0.2) is 32.5 Å². The SMILES string of the molecule is Cc1cc(C)c(C(=O)[C@@H](C)OC(=O)c2cccc(S(C)(=O)=O)c2)cc1C. The number of ether oxygens (including phenoxy) is 1. The fourth-order valence-electron chi connectivity index (χ4n) is 2.58. The third-order valence-electron chi connectivity index (χ3n) is 4.26. The van der Waals surface area contributed by atoms with Crippen LogP contribution in [0.1, 0.15) is 44.3 Å². The van der Waals surface area contributed by atoms with Gasteiger partial charge in [-0.15, -0.1) is 0 Å². The number of hydrogen-bond acceptors (Lipinski definition) is 5. The van der Waals surface area contributed by atoms with Gasteiger partial charge in [-0.05, 0) is 68.7 Å². The van der Waals surface area contributed by atoms with E-state index in [1.54, 1.807) is 6.07 Å². The molecule has 2 aromatic rings. The van der Waals surface area contributed by atoms with E-state index in [1.807, 2.05) is 26.8 Å². The Hall–Kier alpha value is -2.47. The molecule has 0 fully saturated rings. The van der Waals surface area contributed by atoms with Crippen molar-refractivity contribution in [2.45, 2.75) is 38.7 Å². The summed E-state index contributed by atoms with van der Waals surface area (Å²) in [5.74, 6) is -1.03. The molecule has 1 atom stereocenters.